The van der Waals surface area contributed by atoms with E-state index in [1.54, 1.807) is 18.2 Å². The molecule has 2 N–H and O–H groups in total. The van der Waals surface area contributed by atoms with Crippen molar-refractivity contribution in [1.29, 1.82) is 0 Å². The number of fused-ring (bicyclic) bond motifs is 1. The van der Waals surface area contributed by atoms with Crippen molar-refractivity contribution >= 4 is 17.5 Å². The van der Waals surface area contributed by atoms with Gasteiger partial charge in [0.1, 0.15) is 23.0 Å². The highest BCUT2D eigenvalue weighted by molar-refractivity contribution is 5.98. The first-order valence-electron chi connectivity index (χ1n) is 12.4. The number of carboxylic acids is 1. The molecule has 1 heterocycles. The van der Waals surface area contributed by atoms with E-state index in [0.717, 1.165) is 24.8 Å². The van der Waals surface area contributed by atoms with Crippen LogP contribution in [0, 0.1) is 0 Å². The van der Waals surface area contributed by atoms with Crippen molar-refractivity contribution in [2.45, 2.75) is 85.0 Å². The number of aliphatic carboxylic acids is 1. The third kappa shape index (κ3) is 6.17. The van der Waals surface area contributed by atoms with Gasteiger partial charge in [0.25, 0.3) is 0 Å². The molecule has 194 valence electrons. The van der Waals surface area contributed by atoms with Crippen molar-refractivity contribution in [1.82, 2.24) is 0 Å². The average Bonchev–Trinajstić information content (AvgIpc) is 2.83. The molecule has 0 saturated carbocycles. The Morgan fingerprint density at radius 1 is 1.03 bits per heavy atom. The largest absolute Gasteiger partial charge is 0.507 e. The van der Waals surface area contributed by atoms with Crippen molar-refractivity contribution < 1.29 is 38.8 Å². The lowest BCUT2D eigenvalue weighted by molar-refractivity contribution is -0.145. The lowest BCUT2D eigenvalue weighted by Crippen LogP contribution is -2.31. The number of carbonyl (C=O) groups excluding carboxylic acids is 2. The van der Waals surface area contributed by atoms with Crippen LogP contribution in [-0.4, -0.2) is 40.1 Å². The monoisotopic (exact) mass is 498 g/mol. The van der Waals surface area contributed by atoms with E-state index in [-0.39, 0.29) is 28.6 Å². The zero-order valence-corrected chi connectivity index (χ0v) is 21.3. The highest BCUT2D eigenvalue weighted by Crippen LogP contribution is 2.37. The first-order chi connectivity index (χ1) is 17.2. The van der Waals surface area contributed by atoms with E-state index < -0.39 is 18.4 Å². The van der Waals surface area contributed by atoms with E-state index in [1.807, 2.05) is 13.8 Å². The number of ketones is 2. The fourth-order valence-electron chi connectivity index (χ4n) is 4.26. The summed E-state index contributed by atoms with van der Waals surface area (Å²) in [4.78, 5) is 35.8. The van der Waals surface area contributed by atoms with Gasteiger partial charge >= 0.3 is 5.97 Å². The maximum atomic E-state index is 12.4. The van der Waals surface area contributed by atoms with Gasteiger partial charge in [-0.15, -0.1) is 0 Å². The number of benzene rings is 2. The van der Waals surface area contributed by atoms with E-state index in [9.17, 15) is 24.6 Å². The van der Waals surface area contributed by atoms with Crippen molar-refractivity contribution in [3.05, 3.63) is 46.5 Å². The number of Topliss-reactive ketones (excluding diaryl/α,β-unsaturated/α-hetero) is 2. The highest BCUT2D eigenvalue weighted by atomic mass is 16.7. The minimum absolute atomic E-state index is 0.0950. The van der Waals surface area contributed by atoms with Crippen LogP contribution in [0.25, 0.3) is 0 Å². The maximum absolute atomic E-state index is 12.4. The van der Waals surface area contributed by atoms with Crippen LogP contribution in [0.5, 0.6) is 23.0 Å². The quantitative estimate of drug-likeness (QED) is 0.291. The van der Waals surface area contributed by atoms with Gasteiger partial charge in [-0.05, 0) is 63.3 Å². The van der Waals surface area contributed by atoms with Crippen LogP contribution in [0.3, 0.4) is 0 Å². The Bertz CT molecular complexity index is 1140. The normalized spacial score (nSPS) is 15.4. The molecular weight excluding hydrogens is 464 g/mol. The number of carboxylic acid groups (broad SMARTS) is 1. The van der Waals surface area contributed by atoms with E-state index in [4.69, 9.17) is 14.2 Å². The molecule has 8 nitrogen and oxygen atoms in total. The van der Waals surface area contributed by atoms with Crippen LogP contribution in [0.2, 0.25) is 0 Å². The predicted molar refractivity (Wildman–Crippen MR) is 133 cm³/mol. The Morgan fingerprint density at radius 3 is 2.33 bits per heavy atom. The van der Waals surface area contributed by atoms with Crippen molar-refractivity contribution in [3.8, 4) is 23.0 Å². The van der Waals surface area contributed by atoms with E-state index in [0.29, 0.717) is 48.3 Å². The molecular formula is C28H34O8. The molecule has 0 aromatic heterocycles. The minimum atomic E-state index is -1.04. The first kappa shape index (κ1) is 27.0. The Balaban J connectivity index is 1.97. The zero-order chi connectivity index (χ0) is 26.4. The minimum Gasteiger partial charge on any atom is -0.507 e. The van der Waals surface area contributed by atoms with Crippen molar-refractivity contribution in [3.63, 3.8) is 0 Å². The Kier molecular flexibility index (Phi) is 8.96. The topological polar surface area (TPSA) is 119 Å². The smallest absolute Gasteiger partial charge is 0.344 e. The van der Waals surface area contributed by atoms with Crippen LogP contribution < -0.4 is 14.2 Å². The van der Waals surface area contributed by atoms with Gasteiger partial charge in [0.15, 0.2) is 17.7 Å². The molecule has 0 bridgehead atoms. The summed E-state index contributed by atoms with van der Waals surface area (Å²) < 4.78 is 18.1. The Morgan fingerprint density at radius 2 is 1.72 bits per heavy atom. The molecule has 3 rings (SSSR count). The van der Waals surface area contributed by atoms with Gasteiger partial charge < -0.3 is 24.4 Å². The number of unbranched alkanes of at least 4 members (excludes halogenated alkanes) is 1. The lowest BCUT2D eigenvalue weighted by Gasteiger charge is -2.27. The Hall–Kier alpha value is -3.55. The fraction of sp³-hybridized carbons (Fsp3) is 0.464. The number of carbonyl (C=O) groups is 3. The van der Waals surface area contributed by atoms with Gasteiger partial charge in [-0.3, -0.25) is 9.59 Å². The number of hydrogen-bond donors (Lipinski definition) is 2. The van der Waals surface area contributed by atoms with E-state index in [1.165, 1.54) is 19.9 Å². The number of ether oxygens (including phenoxy) is 3. The highest BCUT2D eigenvalue weighted by Gasteiger charge is 2.29. The average molecular weight is 499 g/mol. The molecule has 1 unspecified atom stereocenters. The van der Waals surface area contributed by atoms with Gasteiger partial charge in [0.05, 0.1) is 11.1 Å². The summed E-state index contributed by atoms with van der Waals surface area (Å²) in [5.41, 5.74) is 1.88. The molecule has 0 saturated heterocycles. The second kappa shape index (κ2) is 11.9. The van der Waals surface area contributed by atoms with E-state index >= 15 is 0 Å². The summed E-state index contributed by atoms with van der Waals surface area (Å²) in [7, 11) is 0. The number of phenolic OH excluding ortho intramolecular Hbond substituents is 1. The third-order valence-electron chi connectivity index (χ3n) is 6.19. The first-order valence-corrected chi connectivity index (χ1v) is 12.4. The van der Waals surface area contributed by atoms with Gasteiger partial charge in [-0.2, -0.15) is 0 Å². The summed E-state index contributed by atoms with van der Waals surface area (Å²) in [6.45, 7) is 6.84. The van der Waals surface area contributed by atoms with Gasteiger partial charge in [-0.25, -0.2) is 4.79 Å². The number of hydrogen-bond acceptors (Lipinski definition) is 7. The predicted octanol–water partition coefficient (Wildman–Crippen LogP) is 5.50. The third-order valence-corrected chi connectivity index (χ3v) is 6.19. The molecule has 0 aliphatic carbocycles. The molecule has 0 spiro atoms. The van der Waals surface area contributed by atoms with Gasteiger partial charge in [0, 0.05) is 18.1 Å². The Labute approximate surface area is 211 Å². The summed E-state index contributed by atoms with van der Waals surface area (Å²) in [6.07, 6.45) is 2.45. The van der Waals surface area contributed by atoms with Crippen LogP contribution in [0.15, 0.2) is 24.3 Å². The second-order valence-electron chi connectivity index (χ2n) is 9.05. The second-order valence-corrected chi connectivity index (χ2v) is 9.05. The number of aromatic hydroxyl groups is 1. The molecule has 0 fully saturated rings. The molecule has 0 radical (unpaired) electrons. The van der Waals surface area contributed by atoms with E-state index in [2.05, 4.69) is 0 Å². The fourth-order valence-corrected chi connectivity index (χ4v) is 4.26. The molecule has 1 aliphatic rings. The van der Waals surface area contributed by atoms with Crippen molar-refractivity contribution in [2.24, 2.45) is 0 Å². The summed E-state index contributed by atoms with van der Waals surface area (Å²) >= 11 is 0. The van der Waals surface area contributed by atoms with Crippen LogP contribution >= 0.6 is 0 Å². The molecule has 1 aliphatic heterocycles. The van der Waals surface area contributed by atoms with Gasteiger partial charge in [-0.1, -0.05) is 26.7 Å². The van der Waals surface area contributed by atoms with Gasteiger partial charge in [0.2, 0.25) is 6.29 Å². The molecule has 8 heteroatoms. The molecule has 36 heavy (non-hydrogen) atoms. The van der Waals surface area contributed by atoms with Crippen LogP contribution in [0.4, 0.5) is 0 Å². The van der Waals surface area contributed by atoms with Crippen molar-refractivity contribution in [2.75, 3.05) is 0 Å². The standard InChI is InChI=1S/C28H34O8/c1-5-7-9-26(35-22-13-11-19(16(3)29)27(31)20(22)8-6-2)36-25-15-24-18(14-21(25)17(4)30)10-12-23(34-24)28(32)33/h11,13-15,23,26,31H,5-10,12H2,1-4H3,(H,32,33)/t23-,26?/m1/s1. The summed E-state index contributed by atoms with van der Waals surface area (Å²) in [5, 5.41) is 20.1. The molecule has 2 atom stereocenters. The molecule has 2 aromatic carbocycles. The SMILES string of the molecule is CCCCC(Oc1cc2c(cc1C(C)=O)CC[C@H](C(=O)O)O2)Oc1ccc(C(C)=O)c(O)c1CCC. The molecule has 2 aromatic rings. The van der Waals surface area contributed by atoms with Crippen LogP contribution in [0.1, 0.15) is 91.6 Å². The lowest BCUT2D eigenvalue weighted by atomic mass is 9.98. The summed E-state index contributed by atoms with van der Waals surface area (Å²) in [6, 6.07) is 6.44. The zero-order valence-electron chi connectivity index (χ0n) is 21.3. The number of rotatable bonds is 12. The number of phenols is 1. The maximum Gasteiger partial charge on any atom is 0.344 e. The molecule has 0 amide bonds. The number of aryl methyl sites for hydroxylation is 1. The summed E-state index contributed by atoms with van der Waals surface area (Å²) in [5.74, 6) is -0.548. The van der Waals surface area contributed by atoms with Crippen LogP contribution in [-0.2, 0) is 17.6 Å².